The number of nitrogens with zero attached hydrogens (tertiary/aromatic N) is 3. The van der Waals surface area contributed by atoms with Gasteiger partial charge >= 0.3 is 0 Å². The molecule has 0 amide bonds. The fourth-order valence-electron chi connectivity index (χ4n) is 3.99. The van der Waals surface area contributed by atoms with Gasteiger partial charge in [0.25, 0.3) is 0 Å². The van der Waals surface area contributed by atoms with Gasteiger partial charge in [-0.2, -0.15) is 0 Å². The van der Waals surface area contributed by atoms with E-state index >= 15 is 0 Å². The molecule has 3 rings (SSSR count). The average Bonchev–Trinajstić information content (AvgIpc) is 2.89. The first-order chi connectivity index (χ1) is 12.6. The van der Waals surface area contributed by atoms with E-state index in [0.717, 1.165) is 32.7 Å². The Hall–Kier alpha value is -0.860. The summed E-state index contributed by atoms with van der Waals surface area (Å²) >= 11 is 0. The molecular formula is C21H35IN4O. The molecule has 2 atom stereocenters. The third-order valence-electron chi connectivity index (χ3n) is 5.28. The van der Waals surface area contributed by atoms with Gasteiger partial charge in [0.1, 0.15) is 0 Å². The number of nitrogens with two attached hydrogens (primary N) is 1. The lowest BCUT2D eigenvalue weighted by molar-refractivity contribution is -0.0704. The number of likely N-dealkylation sites (tertiary alicyclic amines) is 1. The van der Waals surface area contributed by atoms with Gasteiger partial charge in [0.15, 0.2) is 5.96 Å². The summed E-state index contributed by atoms with van der Waals surface area (Å²) in [7, 11) is 0. The number of guanidine groups is 1. The first-order valence-corrected chi connectivity index (χ1v) is 10.1. The van der Waals surface area contributed by atoms with E-state index in [4.69, 9.17) is 10.5 Å². The minimum atomic E-state index is 0. The minimum absolute atomic E-state index is 0. The highest BCUT2D eigenvalue weighted by Gasteiger charge is 2.21. The molecule has 5 nitrogen and oxygen atoms in total. The highest BCUT2D eigenvalue weighted by Crippen LogP contribution is 2.15. The molecule has 2 heterocycles. The third-order valence-corrected chi connectivity index (χ3v) is 5.28. The SMILES string of the molecule is CC1CN(Cc2ccc(CN=C(N)N3CCCCCC3)cc2)CC(C)O1.I. The Bertz CT molecular complexity index is 574. The summed E-state index contributed by atoms with van der Waals surface area (Å²) in [5.41, 5.74) is 8.77. The van der Waals surface area contributed by atoms with Crippen LogP contribution in [0.1, 0.15) is 50.7 Å². The fourth-order valence-corrected chi connectivity index (χ4v) is 3.99. The number of hydrogen-bond donors (Lipinski definition) is 1. The van der Waals surface area contributed by atoms with Crippen molar-refractivity contribution in [3.05, 3.63) is 35.4 Å². The lowest BCUT2D eigenvalue weighted by atomic mass is 10.1. The van der Waals surface area contributed by atoms with E-state index in [-0.39, 0.29) is 24.0 Å². The van der Waals surface area contributed by atoms with Gasteiger partial charge in [0, 0.05) is 32.7 Å². The van der Waals surface area contributed by atoms with Gasteiger partial charge in [-0.15, -0.1) is 24.0 Å². The molecule has 2 aliphatic heterocycles. The van der Waals surface area contributed by atoms with Crippen molar-refractivity contribution in [2.45, 2.75) is 64.8 Å². The molecule has 0 radical (unpaired) electrons. The van der Waals surface area contributed by atoms with Crippen LogP contribution in [0, 0.1) is 0 Å². The Labute approximate surface area is 181 Å². The predicted molar refractivity (Wildman–Crippen MR) is 123 cm³/mol. The second kappa shape index (κ2) is 11.2. The molecule has 6 heteroatoms. The van der Waals surface area contributed by atoms with E-state index in [1.165, 1.54) is 36.8 Å². The summed E-state index contributed by atoms with van der Waals surface area (Å²) in [6.07, 6.45) is 5.70. The van der Waals surface area contributed by atoms with Crippen LogP contribution in [0.4, 0.5) is 0 Å². The van der Waals surface area contributed by atoms with Crippen LogP contribution in [0.15, 0.2) is 29.3 Å². The lowest BCUT2D eigenvalue weighted by Crippen LogP contribution is -2.44. The summed E-state index contributed by atoms with van der Waals surface area (Å²) < 4.78 is 5.81. The van der Waals surface area contributed by atoms with Gasteiger partial charge in [-0.25, -0.2) is 4.99 Å². The van der Waals surface area contributed by atoms with Gasteiger partial charge in [-0.3, -0.25) is 4.90 Å². The Morgan fingerprint density at radius 1 is 1.00 bits per heavy atom. The van der Waals surface area contributed by atoms with Crippen molar-refractivity contribution >= 4 is 29.9 Å². The molecule has 2 fully saturated rings. The molecule has 0 aromatic heterocycles. The summed E-state index contributed by atoms with van der Waals surface area (Å²) in [6, 6.07) is 8.80. The van der Waals surface area contributed by atoms with Crippen LogP contribution >= 0.6 is 24.0 Å². The highest BCUT2D eigenvalue weighted by atomic mass is 127. The van der Waals surface area contributed by atoms with Crippen molar-refractivity contribution in [1.29, 1.82) is 0 Å². The Kier molecular flexibility index (Phi) is 9.32. The zero-order chi connectivity index (χ0) is 18.4. The maximum atomic E-state index is 6.20. The first kappa shape index (κ1) is 22.4. The normalized spacial score (nSPS) is 25.0. The van der Waals surface area contributed by atoms with Crippen molar-refractivity contribution in [3.8, 4) is 0 Å². The molecule has 0 saturated carbocycles. The highest BCUT2D eigenvalue weighted by molar-refractivity contribution is 14.0. The molecule has 2 unspecified atom stereocenters. The van der Waals surface area contributed by atoms with Crippen molar-refractivity contribution in [2.75, 3.05) is 26.2 Å². The van der Waals surface area contributed by atoms with E-state index in [0.29, 0.717) is 24.7 Å². The van der Waals surface area contributed by atoms with Crippen molar-refractivity contribution < 1.29 is 4.74 Å². The summed E-state index contributed by atoms with van der Waals surface area (Å²) in [5.74, 6) is 0.701. The van der Waals surface area contributed by atoms with Crippen LogP contribution in [0.25, 0.3) is 0 Å². The fraction of sp³-hybridized carbons (Fsp3) is 0.667. The van der Waals surface area contributed by atoms with E-state index in [1.807, 2.05) is 0 Å². The number of benzene rings is 1. The molecule has 2 aliphatic rings. The smallest absolute Gasteiger partial charge is 0.191 e. The van der Waals surface area contributed by atoms with Crippen LogP contribution in [-0.4, -0.2) is 54.1 Å². The summed E-state index contributed by atoms with van der Waals surface area (Å²) in [6.45, 7) is 10.0. The maximum absolute atomic E-state index is 6.20. The molecule has 2 saturated heterocycles. The summed E-state index contributed by atoms with van der Waals surface area (Å²) in [4.78, 5) is 9.33. The molecule has 2 N–H and O–H groups in total. The number of morpholine rings is 1. The first-order valence-electron chi connectivity index (χ1n) is 10.1. The van der Waals surface area contributed by atoms with Crippen molar-refractivity contribution in [2.24, 2.45) is 10.7 Å². The summed E-state index contributed by atoms with van der Waals surface area (Å²) in [5, 5.41) is 0. The molecule has 0 bridgehead atoms. The van der Waals surface area contributed by atoms with Crippen LogP contribution in [-0.2, 0) is 17.8 Å². The molecule has 0 aliphatic carbocycles. The van der Waals surface area contributed by atoms with E-state index in [1.54, 1.807) is 0 Å². The monoisotopic (exact) mass is 486 g/mol. The van der Waals surface area contributed by atoms with Crippen LogP contribution in [0.2, 0.25) is 0 Å². The molecular weight excluding hydrogens is 451 g/mol. The van der Waals surface area contributed by atoms with E-state index in [9.17, 15) is 0 Å². The molecule has 27 heavy (non-hydrogen) atoms. The number of ether oxygens (including phenoxy) is 1. The van der Waals surface area contributed by atoms with Gasteiger partial charge in [0.2, 0.25) is 0 Å². The van der Waals surface area contributed by atoms with E-state index in [2.05, 4.69) is 52.9 Å². The topological polar surface area (TPSA) is 54.1 Å². The Balaban J connectivity index is 0.00000261. The zero-order valence-corrected chi connectivity index (χ0v) is 19.1. The van der Waals surface area contributed by atoms with Crippen LogP contribution in [0.3, 0.4) is 0 Å². The van der Waals surface area contributed by atoms with Crippen molar-refractivity contribution in [3.63, 3.8) is 0 Å². The van der Waals surface area contributed by atoms with Gasteiger partial charge in [-0.05, 0) is 37.8 Å². The van der Waals surface area contributed by atoms with Gasteiger partial charge in [0.05, 0.1) is 18.8 Å². The Morgan fingerprint density at radius 2 is 1.56 bits per heavy atom. The number of rotatable bonds is 4. The maximum Gasteiger partial charge on any atom is 0.191 e. The number of aliphatic imine (C=N–C) groups is 1. The average molecular weight is 486 g/mol. The Morgan fingerprint density at radius 3 is 2.15 bits per heavy atom. The van der Waals surface area contributed by atoms with Crippen LogP contribution in [0.5, 0.6) is 0 Å². The molecule has 152 valence electrons. The second-order valence-electron chi connectivity index (χ2n) is 7.84. The predicted octanol–water partition coefficient (Wildman–Crippen LogP) is 3.60. The van der Waals surface area contributed by atoms with Crippen LogP contribution < -0.4 is 5.73 Å². The number of hydrogen-bond acceptors (Lipinski definition) is 3. The molecule has 0 spiro atoms. The third kappa shape index (κ3) is 7.23. The number of halogens is 1. The van der Waals surface area contributed by atoms with Gasteiger partial charge in [-0.1, -0.05) is 37.1 Å². The quantitative estimate of drug-likeness (QED) is 0.402. The standard InChI is InChI=1S/C21H34N4O.HI/c1-17-14-24(15-18(2)26-17)16-20-9-7-19(8-10-20)13-23-21(22)25-11-5-3-4-6-12-25;/h7-10,17-18H,3-6,11-16H2,1-2H3,(H2,22,23);1H. The second-order valence-corrected chi connectivity index (χ2v) is 7.84. The lowest BCUT2D eigenvalue weighted by Gasteiger charge is -2.35. The minimum Gasteiger partial charge on any atom is -0.373 e. The largest absolute Gasteiger partial charge is 0.373 e. The molecule has 1 aromatic carbocycles. The zero-order valence-electron chi connectivity index (χ0n) is 16.8. The molecule has 1 aromatic rings. The van der Waals surface area contributed by atoms with Crippen molar-refractivity contribution in [1.82, 2.24) is 9.80 Å². The van der Waals surface area contributed by atoms with E-state index < -0.39 is 0 Å². The van der Waals surface area contributed by atoms with Gasteiger partial charge < -0.3 is 15.4 Å².